The Morgan fingerprint density at radius 1 is 1.13 bits per heavy atom. The summed E-state index contributed by atoms with van der Waals surface area (Å²) in [7, 11) is 0. The molecular formula is C12H9NO2. The van der Waals surface area contributed by atoms with Crippen LogP contribution in [0, 0.1) is 0 Å². The molecule has 0 fully saturated rings. The van der Waals surface area contributed by atoms with E-state index in [-0.39, 0.29) is 5.91 Å². The van der Waals surface area contributed by atoms with Crippen molar-refractivity contribution in [1.82, 2.24) is 4.90 Å². The molecule has 0 aromatic heterocycles. The monoisotopic (exact) mass is 199 g/mol. The number of hydrogen-bond acceptors (Lipinski definition) is 2. The van der Waals surface area contributed by atoms with E-state index in [4.69, 9.17) is 4.74 Å². The van der Waals surface area contributed by atoms with Gasteiger partial charge in [0, 0.05) is 11.6 Å². The second-order valence-electron chi connectivity index (χ2n) is 3.45. The van der Waals surface area contributed by atoms with E-state index in [2.05, 4.69) is 0 Å². The second kappa shape index (κ2) is 2.98. The fraction of sp³-hybridized carbons (Fsp3) is 0.0833. The van der Waals surface area contributed by atoms with Crippen molar-refractivity contribution < 1.29 is 9.53 Å². The van der Waals surface area contributed by atoms with Crippen LogP contribution < -0.4 is 0 Å². The summed E-state index contributed by atoms with van der Waals surface area (Å²) >= 11 is 0. The molecule has 0 aliphatic carbocycles. The predicted octanol–water partition coefficient (Wildman–Crippen LogP) is 1.74. The molecular weight excluding hydrogens is 190 g/mol. The van der Waals surface area contributed by atoms with Gasteiger partial charge in [0.25, 0.3) is 5.91 Å². The summed E-state index contributed by atoms with van der Waals surface area (Å²) < 4.78 is 5.51. The topological polar surface area (TPSA) is 29.5 Å². The van der Waals surface area contributed by atoms with E-state index in [1.54, 1.807) is 17.1 Å². The number of ether oxygens (including phenoxy) is 1. The molecule has 0 bridgehead atoms. The van der Waals surface area contributed by atoms with Crippen LogP contribution in [0.1, 0.15) is 5.56 Å². The first-order valence-corrected chi connectivity index (χ1v) is 4.78. The molecule has 3 heteroatoms. The molecule has 1 amide bonds. The number of carbonyl (C=O) groups excluding carboxylic acids is 1. The van der Waals surface area contributed by atoms with Crippen molar-refractivity contribution in [2.75, 3.05) is 6.73 Å². The molecule has 2 aliphatic rings. The van der Waals surface area contributed by atoms with Gasteiger partial charge in [-0.2, -0.15) is 0 Å². The summed E-state index contributed by atoms with van der Waals surface area (Å²) in [5.74, 6) is 0.786. The van der Waals surface area contributed by atoms with Gasteiger partial charge in [-0.15, -0.1) is 0 Å². The number of hydrogen-bond donors (Lipinski definition) is 0. The summed E-state index contributed by atoms with van der Waals surface area (Å²) in [6, 6.07) is 9.81. The van der Waals surface area contributed by atoms with Gasteiger partial charge < -0.3 is 4.74 Å². The number of rotatable bonds is 1. The smallest absolute Gasteiger partial charge is 0.253 e. The Bertz CT molecular complexity index is 474. The van der Waals surface area contributed by atoms with Crippen molar-refractivity contribution in [3.8, 4) is 0 Å². The summed E-state index contributed by atoms with van der Waals surface area (Å²) in [4.78, 5) is 13.0. The lowest BCUT2D eigenvalue weighted by Crippen LogP contribution is -2.21. The Morgan fingerprint density at radius 3 is 2.73 bits per heavy atom. The Hall–Kier alpha value is -2.03. The largest absolute Gasteiger partial charge is 0.470 e. The van der Waals surface area contributed by atoms with Gasteiger partial charge in [0.1, 0.15) is 0 Å². The quantitative estimate of drug-likeness (QED) is 0.689. The average Bonchev–Trinajstić information content (AvgIpc) is 2.83. The normalized spacial score (nSPS) is 18.4. The number of allylic oxidation sites excluding steroid dienone is 1. The van der Waals surface area contributed by atoms with E-state index < -0.39 is 0 Å². The van der Waals surface area contributed by atoms with Crippen molar-refractivity contribution >= 4 is 11.7 Å². The van der Waals surface area contributed by atoms with Crippen molar-refractivity contribution in [3.05, 3.63) is 53.7 Å². The molecule has 15 heavy (non-hydrogen) atoms. The molecule has 0 radical (unpaired) electrons. The second-order valence-corrected chi connectivity index (χ2v) is 3.45. The third-order valence-corrected chi connectivity index (χ3v) is 2.55. The predicted molar refractivity (Wildman–Crippen MR) is 55.3 cm³/mol. The van der Waals surface area contributed by atoms with E-state index in [0.717, 1.165) is 17.0 Å². The lowest BCUT2D eigenvalue weighted by molar-refractivity contribution is -0.124. The Balaban J connectivity index is 2.09. The maximum atomic E-state index is 11.4. The van der Waals surface area contributed by atoms with Gasteiger partial charge in [-0.05, 0) is 6.08 Å². The first-order valence-electron chi connectivity index (χ1n) is 4.78. The van der Waals surface area contributed by atoms with Gasteiger partial charge in [0.05, 0.1) is 5.70 Å². The summed E-state index contributed by atoms with van der Waals surface area (Å²) in [5, 5.41) is 0. The van der Waals surface area contributed by atoms with Crippen molar-refractivity contribution in [2.24, 2.45) is 0 Å². The third-order valence-electron chi connectivity index (χ3n) is 2.55. The highest BCUT2D eigenvalue weighted by Crippen LogP contribution is 2.32. The summed E-state index contributed by atoms with van der Waals surface area (Å²) in [5.41, 5.74) is 1.88. The first-order chi connectivity index (χ1) is 7.36. The minimum absolute atomic E-state index is 0.00377. The zero-order valence-electron chi connectivity index (χ0n) is 8.01. The minimum Gasteiger partial charge on any atom is -0.470 e. The van der Waals surface area contributed by atoms with Crippen LogP contribution in [-0.4, -0.2) is 17.5 Å². The lowest BCUT2D eigenvalue weighted by Gasteiger charge is -2.06. The molecule has 1 aromatic rings. The molecule has 3 rings (SSSR count). The fourth-order valence-electron chi connectivity index (χ4n) is 1.80. The van der Waals surface area contributed by atoms with Crippen molar-refractivity contribution in [1.29, 1.82) is 0 Å². The third kappa shape index (κ3) is 1.16. The van der Waals surface area contributed by atoms with Gasteiger partial charge in [-0.25, -0.2) is 0 Å². The van der Waals surface area contributed by atoms with E-state index >= 15 is 0 Å². The van der Waals surface area contributed by atoms with E-state index in [1.807, 2.05) is 30.3 Å². The molecule has 0 saturated heterocycles. The van der Waals surface area contributed by atoms with Crippen molar-refractivity contribution in [3.63, 3.8) is 0 Å². The summed E-state index contributed by atoms with van der Waals surface area (Å²) in [6.07, 6.45) is 3.37. The van der Waals surface area contributed by atoms with Gasteiger partial charge in [0.15, 0.2) is 12.5 Å². The molecule has 1 aromatic carbocycles. The highest BCUT2D eigenvalue weighted by molar-refractivity contribution is 5.96. The Kier molecular flexibility index (Phi) is 1.65. The van der Waals surface area contributed by atoms with Gasteiger partial charge in [0.2, 0.25) is 0 Å². The van der Waals surface area contributed by atoms with E-state index in [9.17, 15) is 4.79 Å². The van der Waals surface area contributed by atoms with E-state index in [1.165, 1.54) is 0 Å². The highest BCUT2D eigenvalue weighted by Gasteiger charge is 2.30. The fourth-order valence-corrected chi connectivity index (χ4v) is 1.80. The number of amides is 1. The number of benzene rings is 1. The minimum atomic E-state index is -0.00377. The zero-order valence-corrected chi connectivity index (χ0v) is 8.01. The van der Waals surface area contributed by atoms with Gasteiger partial charge >= 0.3 is 0 Å². The number of fused-ring (bicyclic) bond motifs is 1. The molecule has 74 valence electrons. The number of carbonyl (C=O) groups is 1. The van der Waals surface area contributed by atoms with Crippen LogP contribution in [0.15, 0.2) is 48.2 Å². The lowest BCUT2D eigenvalue weighted by atomic mass is 10.1. The van der Waals surface area contributed by atoms with Crippen LogP contribution in [0.4, 0.5) is 0 Å². The molecule has 3 nitrogen and oxygen atoms in total. The molecule has 0 unspecified atom stereocenters. The van der Waals surface area contributed by atoms with Crippen LogP contribution in [0.5, 0.6) is 0 Å². The van der Waals surface area contributed by atoms with Crippen LogP contribution >= 0.6 is 0 Å². The molecule has 0 saturated carbocycles. The van der Waals surface area contributed by atoms with Crippen LogP contribution in [0.2, 0.25) is 0 Å². The standard InChI is InChI=1S/C12H9NO2/c14-11-7-6-10-12(15-8-13(10)11)9-4-2-1-3-5-9/h1-7H,8H2. The highest BCUT2D eigenvalue weighted by atomic mass is 16.5. The van der Waals surface area contributed by atoms with Gasteiger partial charge in [-0.3, -0.25) is 9.69 Å². The maximum absolute atomic E-state index is 11.4. The molecule has 0 N–H and O–H groups in total. The SMILES string of the molecule is O=C1C=CC2=C(c3ccccc3)OCN12. The first kappa shape index (κ1) is 8.29. The zero-order chi connectivity index (χ0) is 10.3. The average molecular weight is 199 g/mol. The van der Waals surface area contributed by atoms with Crippen LogP contribution in [0.3, 0.4) is 0 Å². The molecule has 0 atom stereocenters. The molecule has 0 spiro atoms. The maximum Gasteiger partial charge on any atom is 0.253 e. The van der Waals surface area contributed by atoms with Crippen molar-refractivity contribution in [2.45, 2.75) is 0 Å². The van der Waals surface area contributed by atoms with Crippen LogP contribution in [0.25, 0.3) is 5.76 Å². The Labute approximate surface area is 87.3 Å². The Morgan fingerprint density at radius 2 is 1.93 bits per heavy atom. The molecule has 2 heterocycles. The molecule has 2 aliphatic heterocycles. The summed E-state index contributed by atoms with van der Waals surface area (Å²) in [6.45, 7) is 0.325. The number of nitrogens with zero attached hydrogens (tertiary/aromatic N) is 1. The van der Waals surface area contributed by atoms with E-state index in [0.29, 0.717) is 6.73 Å². The van der Waals surface area contributed by atoms with Gasteiger partial charge in [-0.1, -0.05) is 30.3 Å². The van der Waals surface area contributed by atoms with Crippen LogP contribution in [-0.2, 0) is 9.53 Å².